The quantitative estimate of drug-likeness (QED) is 0.503. The fraction of sp³-hybridized carbons (Fsp3) is 0.333. The molecule has 1 aliphatic carbocycles. The van der Waals surface area contributed by atoms with Crippen LogP contribution in [0, 0.1) is 5.82 Å². The number of hydrogen-bond donors (Lipinski definition) is 2. The first-order valence-corrected chi connectivity index (χ1v) is 10.7. The molecule has 1 unspecified atom stereocenters. The lowest BCUT2D eigenvalue weighted by Gasteiger charge is -2.14. The van der Waals surface area contributed by atoms with Crippen molar-refractivity contribution in [3.05, 3.63) is 35.9 Å². The van der Waals surface area contributed by atoms with Gasteiger partial charge in [0.2, 0.25) is 5.91 Å². The van der Waals surface area contributed by atoms with Crippen LogP contribution in [0.2, 0.25) is 0 Å². The SMILES string of the molecule is CC(=O)NC(C)c1cc(-c2nc3c(nc(NC4CC4)c4ncn(C)c43)s2)ccc1F. The summed E-state index contributed by atoms with van der Waals surface area (Å²) in [6, 6.07) is 4.90. The molecule has 154 valence electrons. The minimum absolute atomic E-state index is 0.203. The Hall–Kier alpha value is -3.07. The smallest absolute Gasteiger partial charge is 0.217 e. The van der Waals surface area contributed by atoms with Gasteiger partial charge in [0, 0.05) is 31.1 Å². The van der Waals surface area contributed by atoms with Crippen molar-refractivity contribution >= 4 is 44.4 Å². The molecule has 30 heavy (non-hydrogen) atoms. The van der Waals surface area contributed by atoms with Gasteiger partial charge in [0.1, 0.15) is 32.2 Å². The Morgan fingerprint density at radius 1 is 1.30 bits per heavy atom. The molecular weight excluding hydrogens is 403 g/mol. The number of aromatic nitrogens is 4. The van der Waals surface area contributed by atoms with Crippen LogP contribution in [0.25, 0.3) is 32.0 Å². The first-order valence-electron chi connectivity index (χ1n) is 9.85. The summed E-state index contributed by atoms with van der Waals surface area (Å²) in [5.41, 5.74) is 3.75. The maximum absolute atomic E-state index is 14.4. The van der Waals surface area contributed by atoms with Gasteiger partial charge in [-0.2, -0.15) is 0 Å². The first-order chi connectivity index (χ1) is 14.4. The second kappa shape index (κ2) is 7.02. The third-order valence-electron chi connectivity index (χ3n) is 5.26. The summed E-state index contributed by atoms with van der Waals surface area (Å²) < 4.78 is 16.3. The third-order valence-corrected chi connectivity index (χ3v) is 6.25. The van der Waals surface area contributed by atoms with E-state index in [-0.39, 0.29) is 11.7 Å². The van der Waals surface area contributed by atoms with Gasteiger partial charge in [-0.05, 0) is 38.0 Å². The molecule has 9 heteroatoms. The normalized spacial score (nSPS) is 14.9. The molecule has 1 atom stereocenters. The second-order valence-corrected chi connectivity index (χ2v) is 8.74. The zero-order valence-corrected chi connectivity index (χ0v) is 17.7. The second-order valence-electron chi connectivity index (χ2n) is 7.76. The number of nitrogens with one attached hydrogen (secondary N) is 2. The Kier molecular flexibility index (Phi) is 4.43. The van der Waals surface area contributed by atoms with E-state index in [9.17, 15) is 9.18 Å². The highest BCUT2D eigenvalue weighted by Gasteiger charge is 2.25. The van der Waals surface area contributed by atoms with Gasteiger partial charge in [0.25, 0.3) is 0 Å². The average molecular weight is 425 g/mol. The van der Waals surface area contributed by atoms with Crippen molar-refractivity contribution in [2.75, 3.05) is 5.32 Å². The highest BCUT2D eigenvalue weighted by atomic mass is 32.1. The number of nitrogens with zero attached hydrogens (tertiary/aromatic N) is 4. The van der Waals surface area contributed by atoms with Crippen molar-refractivity contribution in [2.45, 2.75) is 38.8 Å². The van der Waals surface area contributed by atoms with Crippen molar-refractivity contribution in [3.8, 4) is 10.6 Å². The number of carbonyl (C=O) groups excluding carboxylic acids is 1. The van der Waals surface area contributed by atoms with E-state index in [2.05, 4.69) is 15.6 Å². The zero-order chi connectivity index (χ0) is 21.0. The molecule has 1 saturated carbocycles. The highest BCUT2D eigenvalue weighted by molar-refractivity contribution is 7.21. The monoisotopic (exact) mass is 424 g/mol. The minimum Gasteiger partial charge on any atom is -0.365 e. The van der Waals surface area contributed by atoms with Crippen molar-refractivity contribution < 1.29 is 9.18 Å². The molecule has 1 amide bonds. The highest BCUT2D eigenvalue weighted by Crippen LogP contribution is 2.37. The van der Waals surface area contributed by atoms with Crippen LogP contribution in [0.3, 0.4) is 0 Å². The lowest BCUT2D eigenvalue weighted by molar-refractivity contribution is -0.119. The molecule has 0 radical (unpaired) electrons. The third kappa shape index (κ3) is 3.28. The molecule has 0 bridgehead atoms. The molecule has 2 N–H and O–H groups in total. The number of carbonyl (C=O) groups is 1. The Balaban J connectivity index is 1.62. The first kappa shape index (κ1) is 18.9. The van der Waals surface area contributed by atoms with Crippen LogP contribution < -0.4 is 10.6 Å². The summed E-state index contributed by atoms with van der Waals surface area (Å²) in [6.45, 7) is 3.18. The molecule has 7 nitrogen and oxygen atoms in total. The summed E-state index contributed by atoms with van der Waals surface area (Å²) in [4.78, 5) is 26.3. The van der Waals surface area contributed by atoms with E-state index < -0.39 is 6.04 Å². The molecule has 1 fully saturated rings. The fourth-order valence-electron chi connectivity index (χ4n) is 3.62. The van der Waals surface area contributed by atoms with Crippen LogP contribution in [0.1, 0.15) is 38.3 Å². The average Bonchev–Trinajstić information content (AvgIpc) is 3.27. The van der Waals surface area contributed by atoms with Crippen molar-refractivity contribution in [1.29, 1.82) is 0 Å². The largest absolute Gasteiger partial charge is 0.365 e. The fourth-order valence-corrected chi connectivity index (χ4v) is 4.56. The molecular formula is C21H21FN6OS. The van der Waals surface area contributed by atoms with Gasteiger partial charge in [0.15, 0.2) is 5.82 Å². The predicted molar refractivity (Wildman–Crippen MR) is 116 cm³/mol. The van der Waals surface area contributed by atoms with Crippen molar-refractivity contribution in [1.82, 2.24) is 24.8 Å². The van der Waals surface area contributed by atoms with E-state index in [1.807, 2.05) is 11.6 Å². The summed E-state index contributed by atoms with van der Waals surface area (Å²) in [6.07, 6.45) is 4.06. The van der Waals surface area contributed by atoms with Crippen LogP contribution in [0.5, 0.6) is 0 Å². The molecule has 4 aromatic rings. The number of anilines is 1. The number of aryl methyl sites for hydroxylation is 1. The van der Waals surface area contributed by atoms with Gasteiger partial charge in [-0.15, -0.1) is 0 Å². The molecule has 0 aliphatic heterocycles. The predicted octanol–water partition coefficient (Wildman–Crippen LogP) is 4.16. The van der Waals surface area contributed by atoms with E-state index in [0.29, 0.717) is 11.6 Å². The molecule has 1 aromatic carbocycles. The number of imidazole rings is 1. The maximum atomic E-state index is 14.4. The number of benzene rings is 1. The number of thiazole rings is 1. The van der Waals surface area contributed by atoms with Gasteiger partial charge in [-0.3, -0.25) is 4.79 Å². The summed E-state index contributed by atoms with van der Waals surface area (Å²) >= 11 is 1.47. The molecule has 0 saturated heterocycles. The number of fused-ring (bicyclic) bond motifs is 3. The zero-order valence-electron chi connectivity index (χ0n) is 16.9. The van der Waals surface area contributed by atoms with Crippen LogP contribution in [-0.2, 0) is 11.8 Å². The number of pyridine rings is 1. The van der Waals surface area contributed by atoms with Gasteiger partial charge in [-0.25, -0.2) is 19.3 Å². The van der Waals surface area contributed by atoms with Crippen LogP contribution >= 0.6 is 11.3 Å². The molecule has 3 heterocycles. The number of rotatable bonds is 5. The Bertz CT molecular complexity index is 1290. The van der Waals surface area contributed by atoms with Gasteiger partial charge in [0.05, 0.1) is 12.4 Å². The number of halogens is 1. The minimum atomic E-state index is -0.437. The number of hydrogen-bond acceptors (Lipinski definition) is 6. The van der Waals surface area contributed by atoms with Gasteiger partial charge >= 0.3 is 0 Å². The van der Waals surface area contributed by atoms with Crippen LogP contribution in [0.4, 0.5) is 10.2 Å². The van der Waals surface area contributed by atoms with Crippen molar-refractivity contribution in [3.63, 3.8) is 0 Å². The Labute approximate surface area is 176 Å². The van der Waals surface area contributed by atoms with E-state index in [4.69, 9.17) is 9.97 Å². The van der Waals surface area contributed by atoms with Crippen molar-refractivity contribution in [2.24, 2.45) is 7.05 Å². The summed E-state index contributed by atoms with van der Waals surface area (Å²) in [5, 5.41) is 6.95. The molecule has 3 aromatic heterocycles. The Morgan fingerprint density at radius 2 is 2.10 bits per heavy atom. The van der Waals surface area contributed by atoms with E-state index >= 15 is 0 Å². The molecule has 1 aliphatic rings. The van der Waals surface area contributed by atoms with E-state index in [1.54, 1.807) is 25.4 Å². The summed E-state index contributed by atoms with van der Waals surface area (Å²) in [5.74, 6) is 0.227. The van der Waals surface area contributed by atoms with E-state index in [1.165, 1.54) is 24.3 Å². The van der Waals surface area contributed by atoms with Crippen LogP contribution in [-0.4, -0.2) is 31.5 Å². The standard InChI is InChI=1S/C21H21FN6OS/c1-10(24-11(2)29)14-8-12(4-7-15(14)22)20-26-17-18-16(23-9-28(18)3)19(25-13-5-6-13)27-21(17)30-20/h4,7-10,13H,5-6H2,1-3H3,(H,24,29)(H,25,27). The topological polar surface area (TPSA) is 84.7 Å². The number of amides is 1. The molecule has 0 spiro atoms. The van der Waals surface area contributed by atoms with Crippen LogP contribution in [0.15, 0.2) is 24.5 Å². The lowest BCUT2D eigenvalue weighted by Crippen LogP contribution is -2.24. The van der Waals surface area contributed by atoms with Gasteiger partial charge in [-0.1, -0.05) is 11.3 Å². The van der Waals surface area contributed by atoms with E-state index in [0.717, 1.165) is 50.6 Å². The molecule has 5 rings (SSSR count). The Morgan fingerprint density at radius 3 is 2.83 bits per heavy atom. The van der Waals surface area contributed by atoms with Gasteiger partial charge < -0.3 is 15.2 Å². The maximum Gasteiger partial charge on any atom is 0.217 e. The summed E-state index contributed by atoms with van der Waals surface area (Å²) in [7, 11) is 1.94. The lowest BCUT2D eigenvalue weighted by atomic mass is 10.0.